The molecule has 4 rings (SSSR count). The fraction of sp³-hybridized carbons (Fsp3) is 0.0455. The molecule has 25 heavy (non-hydrogen) atoms. The number of benzene rings is 3. The predicted octanol–water partition coefficient (Wildman–Crippen LogP) is 5.72. The second kappa shape index (κ2) is 6.36. The van der Waals surface area contributed by atoms with Crippen LogP contribution in [0.3, 0.4) is 0 Å². The molecule has 0 atom stereocenters. The van der Waals surface area contributed by atoms with Gasteiger partial charge in [0.15, 0.2) is 0 Å². The second-order valence-electron chi connectivity index (χ2n) is 5.81. The molecule has 122 valence electrons. The van der Waals surface area contributed by atoms with Crippen molar-refractivity contribution < 1.29 is 9.13 Å². The molecular formula is C22H16FNO. The van der Waals surface area contributed by atoms with Gasteiger partial charge in [-0.3, -0.25) is 0 Å². The van der Waals surface area contributed by atoms with Crippen LogP contribution in [-0.4, -0.2) is 12.1 Å². The zero-order valence-corrected chi connectivity index (χ0v) is 13.7. The van der Waals surface area contributed by atoms with Crippen molar-refractivity contribution >= 4 is 10.9 Å². The summed E-state index contributed by atoms with van der Waals surface area (Å²) in [5.74, 6) is 0.570. The normalized spacial score (nSPS) is 10.8. The highest BCUT2D eigenvalue weighted by Gasteiger charge is 2.09. The summed E-state index contributed by atoms with van der Waals surface area (Å²) in [5.41, 5.74) is 4.80. The number of halogens is 1. The Kier molecular flexibility index (Phi) is 3.90. The van der Waals surface area contributed by atoms with E-state index in [-0.39, 0.29) is 5.82 Å². The van der Waals surface area contributed by atoms with Crippen molar-refractivity contribution in [2.24, 2.45) is 0 Å². The van der Waals surface area contributed by atoms with E-state index < -0.39 is 0 Å². The van der Waals surface area contributed by atoms with Gasteiger partial charge in [0.2, 0.25) is 0 Å². The number of ether oxygens (including phenoxy) is 1. The topological polar surface area (TPSA) is 22.1 Å². The molecule has 0 aliphatic heterocycles. The molecule has 3 heteroatoms. The maximum atomic E-state index is 13.3. The van der Waals surface area contributed by atoms with E-state index in [1.165, 1.54) is 12.1 Å². The molecule has 3 aromatic carbocycles. The maximum absolute atomic E-state index is 13.3. The van der Waals surface area contributed by atoms with Crippen molar-refractivity contribution in [1.29, 1.82) is 0 Å². The van der Waals surface area contributed by atoms with Crippen LogP contribution in [0.2, 0.25) is 0 Å². The molecule has 1 heterocycles. The molecule has 1 aromatic heterocycles. The summed E-state index contributed by atoms with van der Waals surface area (Å²) in [5, 5.41) is 1.05. The molecule has 0 unspecified atom stereocenters. The number of para-hydroxylation sites is 1. The highest BCUT2D eigenvalue weighted by atomic mass is 19.1. The van der Waals surface area contributed by atoms with Gasteiger partial charge in [0, 0.05) is 10.9 Å². The summed E-state index contributed by atoms with van der Waals surface area (Å²) in [6.07, 6.45) is 0. The number of rotatable bonds is 3. The van der Waals surface area contributed by atoms with Crippen LogP contribution in [0.5, 0.6) is 5.75 Å². The predicted molar refractivity (Wildman–Crippen MR) is 99.1 cm³/mol. The minimum absolute atomic E-state index is 0.238. The average Bonchev–Trinajstić information content (AvgIpc) is 2.68. The first-order valence-electron chi connectivity index (χ1n) is 8.05. The maximum Gasteiger partial charge on any atom is 0.123 e. The van der Waals surface area contributed by atoms with Gasteiger partial charge >= 0.3 is 0 Å². The van der Waals surface area contributed by atoms with Crippen molar-refractivity contribution in [3.05, 3.63) is 84.7 Å². The fourth-order valence-corrected chi connectivity index (χ4v) is 2.95. The third-order valence-corrected chi connectivity index (χ3v) is 4.26. The highest BCUT2D eigenvalue weighted by Crippen LogP contribution is 2.32. The molecule has 2 nitrogen and oxygen atoms in total. The molecule has 0 bridgehead atoms. The van der Waals surface area contributed by atoms with Gasteiger partial charge in [-0.2, -0.15) is 0 Å². The van der Waals surface area contributed by atoms with Gasteiger partial charge in [0.1, 0.15) is 11.6 Å². The van der Waals surface area contributed by atoms with E-state index >= 15 is 0 Å². The molecular weight excluding hydrogens is 313 g/mol. The van der Waals surface area contributed by atoms with Crippen molar-refractivity contribution in [3.8, 4) is 28.1 Å². The summed E-state index contributed by atoms with van der Waals surface area (Å²) in [6, 6.07) is 24.4. The zero-order valence-electron chi connectivity index (χ0n) is 13.7. The van der Waals surface area contributed by atoms with Crippen molar-refractivity contribution in [2.75, 3.05) is 7.11 Å². The van der Waals surface area contributed by atoms with Crippen LogP contribution < -0.4 is 4.74 Å². The van der Waals surface area contributed by atoms with E-state index in [1.807, 2.05) is 48.5 Å². The Balaban J connectivity index is 1.92. The molecule has 0 fully saturated rings. The van der Waals surface area contributed by atoms with Crippen LogP contribution >= 0.6 is 0 Å². The molecule has 0 aliphatic rings. The van der Waals surface area contributed by atoms with Gasteiger partial charge in [-0.15, -0.1) is 0 Å². The quantitative estimate of drug-likeness (QED) is 0.480. The van der Waals surface area contributed by atoms with Crippen LogP contribution in [0.4, 0.5) is 4.39 Å². The first-order chi connectivity index (χ1) is 12.2. The smallest absolute Gasteiger partial charge is 0.123 e. The van der Waals surface area contributed by atoms with Crippen LogP contribution in [0.15, 0.2) is 78.9 Å². The second-order valence-corrected chi connectivity index (χ2v) is 5.81. The minimum Gasteiger partial charge on any atom is -0.497 e. The standard InChI is InChI=1S/C22H16FNO/c1-25-18-12-8-16(9-13-18)22-14-20(15-6-10-17(23)11-7-15)19-4-2-3-5-21(19)24-22/h2-14H,1H3. The van der Waals surface area contributed by atoms with Crippen molar-refractivity contribution in [1.82, 2.24) is 4.98 Å². The Morgan fingerprint density at radius 1 is 0.800 bits per heavy atom. The molecule has 0 saturated carbocycles. The Morgan fingerprint density at radius 2 is 1.48 bits per heavy atom. The third-order valence-electron chi connectivity index (χ3n) is 4.26. The Labute approximate surface area is 145 Å². The minimum atomic E-state index is -0.238. The van der Waals surface area contributed by atoms with Crippen LogP contribution in [0, 0.1) is 5.82 Å². The first-order valence-corrected chi connectivity index (χ1v) is 8.05. The van der Waals surface area contributed by atoms with E-state index in [9.17, 15) is 4.39 Å². The number of aromatic nitrogens is 1. The van der Waals surface area contributed by atoms with Crippen LogP contribution in [0.1, 0.15) is 0 Å². The summed E-state index contributed by atoms with van der Waals surface area (Å²) in [7, 11) is 1.65. The number of hydrogen-bond donors (Lipinski definition) is 0. The van der Waals surface area contributed by atoms with Crippen molar-refractivity contribution in [2.45, 2.75) is 0 Å². The number of nitrogens with zero attached hydrogens (tertiary/aromatic N) is 1. The van der Waals surface area contributed by atoms with E-state index in [0.717, 1.165) is 39.0 Å². The molecule has 0 aliphatic carbocycles. The lowest BCUT2D eigenvalue weighted by atomic mass is 9.98. The van der Waals surface area contributed by atoms with E-state index in [1.54, 1.807) is 19.2 Å². The number of fused-ring (bicyclic) bond motifs is 1. The molecule has 0 radical (unpaired) electrons. The molecule has 0 amide bonds. The molecule has 0 spiro atoms. The average molecular weight is 329 g/mol. The van der Waals surface area contributed by atoms with Gasteiger partial charge in [-0.1, -0.05) is 30.3 Å². The van der Waals surface area contributed by atoms with E-state index in [0.29, 0.717) is 0 Å². The Morgan fingerprint density at radius 3 is 2.20 bits per heavy atom. The Bertz CT molecular complexity index is 1020. The van der Waals surface area contributed by atoms with Gasteiger partial charge < -0.3 is 4.74 Å². The lowest BCUT2D eigenvalue weighted by molar-refractivity contribution is 0.415. The lowest BCUT2D eigenvalue weighted by Crippen LogP contribution is -1.90. The molecule has 0 saturated heterocycles. The largest absolute Gasteiger partial charge is 0.497 e. The van der Waals surface area contributed by atoms with Gasteiger partial charge in [0.05, 0.1) is 18.3 Å². The van der Waals surface area contributed by atoms with E-state index in [2.05, 4.69) is 6.07 Å². The highest BCUT2D eigenvalue weighted by molar-refractivity contribution is 5.96. The monoisotopic (exact) mass is 329 g/mol. The van der Waals surface area contributed by atoms with Crippen LogP contribution in [-0.2, 0) is 0 Å². The summed E-state index contributed by atoms with van der Waals surface area (Å²) in [4.78, 5) is 4.79. The van der Waals surface area contributed by atoms with Crippen molar-refractivity contribution in [3.63, 3.8) is 0 Å². The SMILES string of the molecule is COc1ccc(-c2cc(-c3ccc(F)cc3)c3ccccc3n2)cc1. The zero-order chi connectivity index (χ0) is 17.2. The van der Waals surface area contributed by atoms with Crippen LogP contribution in [0.25, 0.3) is 33.3 Å². The fourth-order valence-electron chi connectivity index (χ4n) is 2.95. The number of pyridine rings is 1. The summed E-state index contributed by atoms with van der Waals surface area (Å²) >= 11 is 0. The first kappa shape index (κ1) is 15.3. The Hall–Kier alpha value is -3.20. The summed E-state index contributed by atoms with van der Waals surface area (Å²) in [6.45, 7) is 0. The van der Waals surface area contributed by atoms with Gasteiger partial charge in [0.25, 0.3) is 0 Å². The van der Waals surface area contributed by atoms with Gasteiger partial charge in [-0.25, -0.2) is 9.37 Å². The van der Waals surface area contributed by atoms with E-state index in [4.69, 9.17) is 9.72 Å². The molecule has 0 N–H and O–H groups in total. The number of methoxy groups -OCH3 is 1. The van der Waals surface area contributed by atoms with Gasteiger partial charge in [-0.05, 0) is 59.7 Å². The summed E-state index contributed by atoms with van der Waals surface area (Å²) < 4.78 is 18.5. The molecule has 4 aromatic rings. The third kappa shape index (κ3) is 2.96. The lowest BCUT2D eigenvalue weighted by Gasteiger charge is -2.11. The number of hydrogen-bond acceptors (Lipinski definition) is 2.